The van der Waals surface area contributed by atoms with E-state index >= 15 is 0 Å². The third-order valence-electron chi connectivity index (χ3n) is 2.77. The number of hydrogen-bond acceptors (Lipinski definition) is 4. The first kappa shape index (κ1) is 15.4. The third kappa shape index (κ3) is 4.50. The first-order valence-electron chi connectivity index (χ1n) is 5.81. The number of amides is 1. The van der Waals surface area contributed by atoms with Crippen LogP contribution in [0.2, 0.25) is 0 Å². The highest BCUT2D eigenvalue weighted by Gasteiger charge is 2.20. The van der Waals surface area contributed by atoms with Crippen LogP contribution in [0.25, 0.3) is 0 Å². The van der Waals surface area contributed by atoms with Gasteiger partial charge in [-0.25, -0.2) is 0 Å². The van der Waals surface area contributed by atoms with Crippen LogP contribution >= 0.6 is 0 Å². The Morgan fingerprint density at radius 3 is 2.95 bits per heavy atom. The number of carbonyl (C=O) groups excluding carboxylic acids is 1. The molecule has 7 heteroatoms. The number of rotatable bonds is 3. The van der Waals surface area contributed by atoms with E-state index < -0.39 is 0 Å². The Balaban J connectivity index is 0.00000180. The molecule has 2 heterocycles. The molecule has 1 N–H and O–H groups in total. The quantitative estimate of drug-likeness (QED) is 0.273. The molecule has 1 fully saturated rings. The maximum atomic E-state index is 12.0. The number of oxime groups is 1. The van der Waals surface area contributed by atoms with Gasteiger partial charge < -0.3 is 27.3 Å². The lowest BCUT2D eigenvalue weighted by atomic mass is 10.3. The van der Waals surface area contributed by atoms with Gasteiger partial charge in [-0.05, 0) is 6.07 Å². The van der Waals surface area contributed by atoms with E-state index in [4.69, 9.17) is 9.94 Å². The average Bonchev–Trinajstić information content (AvgIpc) is 2.40. The molecule has 0 saturated carbocycles. The molecule has 0 aromatic carbocycles. The van der Waals surface area contributed by atoms with E-state index in [2.05, 4.69) is 5.16 Å². The molecule has 6 nitrogen and oxygen atoms in total. The van der Waals surface area contributed by atoms with Crippen molar-refractivity contribution in [2.24, 2.45) is 5.16 Å². The van der Waals surface area contributed by atoms with E-state index in [0.717, 1.165) is 5.56 Å². The monoisotopic (exact) mass is 285 g/mol. The van der Waals surface area contributed by atoms with Crippen molar-refractivity contribution >= 4 is 12.1 Å². The molecule has 104 valence electrons. The van der Waals surface area contributed by atoms with Crippen LogP contribution in [-0.4, -0.2) is 48.5 Å². The Kier molecular flexibility index (Phi) is 6.24. The summed E-state index contributed by atoms with van der Waals surface area (Å²) in [6.07, 6.45) is 4.90. The lowest BCUT2D eigenvalue weighted by Crippen LogP contribution is -3.00. The molecule has 0 spiro atoms. The van der Waals surface area contributed by atoms with Crippen LogP contribution in [0.1, 0.15) is 5.56 Å². The number of morpholine rings is 1. The van der Waals surface area contributed by atoms with Gasteiger partial charge in [0, 0.05) is 19.2 Å². The number of halogens is 1. The molecule has 0 bridgehead atoms. The van der Waals surface area contributed by atoms with E-state index in [-0.39, 0.29) is 24.9 Å². The molecule has 0 atom stereocenters. The van der Waals surface area contributed by atoms with Gasteiger partial charge >= 0.3 is 0 Å². The number of pyridine rings is 1. The van der Waals surface area contributed by atoms with E-state index in [1.165, 1.54) is 6.21 Å². The number of nitrogens with zero attached hydrogens (tertiary/aromatic N) is 3. The zero-order valence-electron chi connectivity index (χ0n) is 10.4. The van der Waals surface area contributed by atoms with Crippen molar-refractivity contribution in [1.82, 2.24) is 4.90 Å². The van der Waals surface area contributed by atoms with E-state index in [1.54, 1.807) is 21.7 Å². The van der Waals surface area contributed by atoms with Gasteiger partial charge in [-0.2, -0.15) is 4.57 Å². The van der Waals surface area contributed by atoms with Gasteiger partial charge in [0.2, 0.25) is 6.54 Å². The first-order valence-corrected chi connectivity index (χ1v) is 5.81. The highest BCUT2D eigenvalue weighted by Crippen LogP contribution is 1.98. The largest absolute Gasteiger partial charge is 1.00 e. The average molecular weight is 286 g/mol. The fourth-order valence-electron chi connectivity index (χ4n) is 1.85. The molecular formula is C12H16ClN3O3. The smallest absolute Gasteiger partial charge is 0.288 e. The van der Waals surface area contributed by atoms with Gasteiger partial charge in [-0.15, -0.1) is 0 Å². The molecule has 1 aromatic rings. The third-order valence-corrected chi connectivity index (χ3v) is 2.77. The number of hydrogen-bond donors (Lipinski definition) is 1. The van der Waals surface area contributed by atoms with Crippen molar-refractivity contribution in [3.63, 3.8) is 0 Å². The van der Waals surface area contributed by atoms with Crippen LogP contribution in [0.3, 0.4) is 0 Å². The SMILES string of the molecule is O=C(C[n+]1cccc(/C=N/O)c1)N1CCOCC1.[Cl-]. The van der Waals surface area contributed by atoms with Crippen molar-refractivity contribution in [3.05, 3.63) is 30.1 Å². The van der Waals surface area contributed by atoms with Crippen LogP contribution in [0, 0.1) is 0 Å². The van der Waals surface area contributed by atoms with Gasteiger partial charge in [0.1, 0.15) is 0 Å². The van der Waals surface area contributed by atoms with Crippen LogP contribution in [0.15, 0.2) is 29.7 Å². The van der Waals surface area contributed by atoms with Crippen LogP contribution in [0.5, 0.6) is 0 Å². The summed E-state index contributed by atoms with van der Waals surface area (Å²) in [5.41, 5.74) is 0.745. The van der Waals surface area contributed by atoms with E-state index in [9.17, 15) is 4.79 Å². The molecule has 1 aromatic heterocycles. The molecule has 1 aliphatic heterocycles. The topological polar surface area (TPSA) is 66.0 Å². The van der Waals surface area contributed by atoms with Crippen LogP contribution < -0.4 is 17.0 Å². The second-order valence-electron chi connectivity index (χ2n) is 4.05. The van der Waals surface area contributed by atoms with E-state index in [1.807, 2.05) is 12.3 Å². The summed E-state index contributed by atoms with van der Waals surface area (Å²) in [6, 6.07) is 3.61. The Hall–Kier alpha value is -1.66. The molecular weight excluding hydrogens is 270 g/mol. The zero-order chi connectivity index (χ0) is 12.8. The Labute approximate surface area is 117 Å². The molecule has 0 unspecified atom stereocenters. The highest BCUT2D eigenvalue weighted by molar-refractivity contribution is 5.78. The fraction of sp³-hybridized carbons (Fsp3) is 0.417. The van der Waals surface area contributed by atoms with Gasteiger partial charge in [0.05, 0.1) is 25.0 Å². The number of ether oxygens (including phenoxy) is 1. The lowest BCUT2D eigenvalue weighted by Gasteiger charge is -2.25. The predicted octanol–water partition coefficient (Wildman–Crippen LogP) is -3.35. The van der Waals surface area contributed by atoms with Crippen LogP contribution in [0.4, 0.5) is 0 Å². The zero-order valence-corrected chi connectivity index (χ0v) is 11.2. The van der Waals surface area contributed by atoms with Gasteiger partial charge in [-0.1, -0.05) is 5.16 Å². The Morgan fingerprint density at radius 1 is 1.53 bits per heavy atom. The fourth-order valence-corrected chi connectivity index (χ4v) is 1.85. The maximum Gasteiger partial charge on any atom is 0.288 e. The molecule has 1 saturated heterocycles. The maximum absolute atomic E-state index is 12.0. The Morgan fingerprint density at radius 2 is 2.26 bits per heavy atom. The summed E-state index contributed by atoms with van der Waals surface area (Å²) in [4.78, 5) is 13.8. The number of aromatic nitrogens is 1. The van der Waals surface area contributed by atoms with Gasteiger partial charge in [0.25, 0.3) is 5.91 Å². The summed E-state index contributed by atoms with van der Waals surface area (Å²) in [5.74, 6) is 0.0707. The second kappa shape index (κ2) is 7.70. The summed E-state index contributed by atoms with van der Waals surface area (Å²) in [5, 5.41) is 11.4. The molecule has 1 aliphatic rings. The number of carbonyl (C=O) groups is 1. The van der Waals surface area contributed by atoms with Crippen LogP contribution in [-0.2, 0) is 16.1 Å². The minimum atomic E-state index is 0. The Bertz CT molecular complexity index is 448. The summed E-state index contributed by atoms with van der Waals surface area (Å²) in [6.45, 7) is 2.79. The predicted molar refractivity (Wildman–Crippen MR) is 63.4 cm³/mol. The summed E-state index contributed by atoms with van der Waals surface area (Å²) < 4.78 is 6.98. The lowest BCUT2D eigenvalue weighted by molar-refractivity contribution is -0.685. The molecule has 0 radical (unpaired) electrons. The summed E-state index contributed by atoms with van der Waals surface area (Å²) in [7, 11) is 0. The van der Waals surface area contributed by atoms with Crippen molar-refractivity contribution in [1.29, 1.82) is 0 Å². The minimum Gasteiger partial charge on any atom is -1.00 e. The molecule has 2 rings (SSSR count). The second-order valence-corrected chi connectivity index (χ2v) is 4.05. The molecule has 19 heavy (non-hydrogen) atoms. The minimum absolute atomic E-state index is 0. The van der Waals surface area contributed by atoms with Crippen molar-refractivity contribution in [2.45, 2.75) is 6.54 Å². The van der Waals surface area contributed by atoms with Gasteiger partial charge in [-0.3, -0.25) is 4.79 Å². The van der Waals surface area contributed by atoms with Crippen molar-refractivity contribution in [2.75, 3.05) is 26.3 Å². The van der Waals surface area contributed by atoms with Crippen molar-refractivity contribution < 1.29 is 31.7 Å². The highest BCUT2D eigenvalue weighted by atomic mass is 35.5. The first-order chi connectivity index (χ1) is 8.79. The summed E-state index contributed by atoms with van der Waals surface area (Å²) >= 11 is 0. The molecule has 0 aliphatic carbocycles. The van der Waals surface area contributed by atoms with Crippen molar-refractivity contribution in [3.8, 4) is 0 Å². The normalized spacial score (nSPS) is 15.3. The molecule has 1 amide bonds. The van der Waals surface area contributed by atoms with E-state index in [0.29, 0.717) is 26.3 Å². The van der Waals surface area contributed by atoms with Gasteiger partial charge in [0.15, 0.2) is 12.4 Å². The standard InChI is InChI=1S/C12H15N3O3.ClH/c16-12(15-4-6-18-7-5-15)10-14-3-1-2-11(9-14)8-13-17;/h1-3,8-9H,4-7,10H2;1H/b13-8+;.